The number of hydrazone groups is 1. The molecule has 1 aromatic carbocycles. The molecule has 0 unspecified atom stereocenters. The van der Waals surface area contributed by atoms with Crippen molar-refractivity contribution in [3.05, 3.63) is 35.9 Å². The number of carbonyl (C=O) groups excluding carboxylic acids is 1. The van der Waals surface area contributed by atoms with Crippen molar-refractivity contribution < 1.29 is 4.79 Å². The Balaban J connectivity index is 1.97. The molecule has 0 amide bonds. The second-order valence-corrected chi connectivity index (χ2v) is 3.64. The molecule has 3 heteroatoms. The summed E-state index contributed by atoms with van der Waals surface area (Å²) in [6.07, 6.45) is 3.77. The van der Waals surface area contributed by atoms with Crippen molar-refractivity contribution in [2.24, 2.45) is 5.10 Å². The molecule has 1 aliphatic rings. The van der Waals surface area contributed by atoms with Crippen LogP contribution in [0.2, 0.25) is 0 Å². The maximum absolute atomic E-state index is 11.6. The zero-order chi connectivity index (χ0) is 10.5. The number of carbonyl (C=O) groups is 1. The van der Waals surface area contributed by atoms with Gasteiger partial charge in [0, 0.05) is 18.7 Å². The summed E-state index contributed by atoms with van der Waals surface area (Å²) < 4.78 is 0. The summed E-state index contributed by atoms with van der Waals surface area (Å²) in [5.74, 6) is -0.0255. The summed E-state index contributed by atoms with van der Waals surface area (Å²) >= 11 is 0. The molecule has 0 atom stereocenters. The van der Waals surface area contributed by atoms with Crippen molar-refractivity contribution in [3.8, 4) is 0 Å². The monoisotopic (exact) mass is 202 g/mol. The maximum atomic E-state index is 11.6. The molecule has 0 spiro atoms. The van der Waals surface area contributed by atoms with E-state index < -0.39 is 0 Å². The molecule has 0 N–H and O–H groups in total. The van der Waals surface area contributed by atoms with E-state index in [1.54, 1.807) is 12.1 Å². The lowest BCUT2D eigenvalue weighted by atomic mass is 10.1. The molecule has 0 aliphatic carbocycles. The van der Waals surface area contributed by atoms with Crippen molar-refractivity contribution in [3.63, 3.8) is 0 Å². The molecule has 1 aromatic rings. The van der Waals surface area contributed by atoms with E-state index in [-0.39, 0.29) is 5.78 Å². The molecule has 1 aliphatic heterocycles. The molecule has 1 saturated heterocycles. The quantitative estimate of drug-likeness (QED) is 0.554. The largest absolute Gasteiger partial charge is 0.297 e. The second-order valence-electron chi connectivity index (χ2n) is 3.64. The highest BCUT2D eigenvalue weighted by molar-refractivity contribution is 6.35. The van der Waals surface area contributed by atoms with Gasteiger partial charge in [0.1, 0.15) is 0 Å². The highest BCUT2D eigenvalue weighted by Crippen LogP contribution is 2.07. The summed E-state index contributed by atoms with van der Waals surface area (Å²) in [6.45, 7) is 1.94. The van der Waals surface area contributed by atoms with Gasteiger partial charge in [-0.2, -0.15) is 5.10 Å². The van der Waals surface area contributed by atoms with E-state index >= 15 is 0 Å². The number of benzene rings is 1. The first-order chi connectivity index (χ1) is 7.36. The molecule has 3 nitrogen and oxygen atoms in total. The fourth-order valence-corrected chi connectivity index (χ4v) is 1.63. The van der Waals surface area contributed by atoms with E-state index in [9.17, 15) is 4.79 Å². The fourth-order valence-electron chi connectivity index (χ4n) is 1.63. The van der Waals surface area contributed by atoms with Crippen molar-refractivity contribution in [2.45, 2.75) is 12.8 Å². The topological polar surface area (TPSA) is 32.7 Å². The van der Waals surface area contributed by atoms with Crippen LogP contribution in [-0.2, 0) is 0 Å². The number of ketones is 1. The molecule has 78 valence electrons. The van der Waals surface area contributed by atoms with E-state index in [4.69, 9.17) is 0 Å². The van der Waals surface area contributed by atoms with Gasteiger partial charge < -0.3 is 0 Å². The van der Waals surface area contributed by atoms with Crippen molar-refractivity contribution in [1.82, 2.24) is 5.01 Å². The van der Waals surface area contributed by atoms with Crippen LogP contribution in [0.3, 0.4) is 0 Å². The van der Waals surface area contributed by atoms with Crippen LogP contribution >= 0.6 is 0 Å². The van der Waals surface area contributed by atoms with Crippen LogP contribution in [0.25, 0.3) is 0 Å². The van der Waals surface area contributed by atoms with Gasteiger partial charge in [-0.25, -0.2) is 0 Å². The van der Waals surface area contributed by atoms with Gasteiger partial charge in [0.05, 0.1) is 6.21 Å². The number of Topliss-reactive ketones (excluding diaryl/α,β-unsaturated/α-hetero) is 1. The van der Waals surface area contributed by atoms with Crippen LogP contribution in [-0.4, -0.2) is 30.1 Å². The summed E-state index contributed by atoms with van der Waals surface area (Å²) in [7, 11) is 0. The van der Waals surface area contributed by atoms with Gasteiger partial charge in [-0.05, 0) is 12.8 Å². The molecule has 0 aromatic heterocycles. The van der Waals surface area contributed by atoms with Gasteiger partial charge in [0.15, 0.2) is 0 Å². The fraction of sp³-hybridized carbons (Fsp3) is 0.333. The Morgan fingerprint density at radius 2 is 1.87 bits per heavy atom. The van der Waals surface area contributed by atoms with Gasteiger partial charge in [0.25, 0.3) is 0 Å². The summed E-state index contributed by atoms with van der Waals surface area (Å²) in [5.41, 5.74) is 0.695. The number of rotatable bonds is 3. The third-order valence-corrected chi connectivity index (χ3v) is 2.48. The number of hydrogen-bond donors (Lipinski definition) is 0. The molecule has 1 fully saturated rings. The highest BCUT2D eigenvalue weighted by Gasteiger charge is 2.08. The van der Waals surface area contributed by atoms with Gasteiger partial charge in [-0.3, -0.25) is 9.80 Å². The third-order valence-electron chi connectivity index (χ3n) is 2.48. The Hall–Kier alpha value is -1.64. The van der Waals surface area contributed by atoms with Crippen LogP contribution in [0, 0.1) is 0 Å². The smallest absolute Gasteiger partial charge is 0.205 e. The Morgan fingerprint density at radius 1 is 1.20 bits per heavy atom. The zero-order valence-electron chi connectivity index (χ0n) is 8.60. The van der Waals surface area contributed by atoms with E-state index in [0.717, 1.165) is 13.1 Å². The minimum absolute atomic E-state index is 0.0255. The molecule has 0 bridgehead atoms. The summed E-state index contributed by atoms with van der Waals surface area (Å²) in [5, 5.41) is 6.10. The molecular formula is C12H14N2O. The second kappa shape index (κ2) is 4.73. The van der Waals surface area contributed by atoms with E-state index in [1.807, 2.05) is 23.2 Å². The molecule has 0 radical (unpaired) electrons. The Kier molecular flexibility index (Phi) is 3.12. The van der Waals surface area contributed by atoms with E-state index in [0.29, 0.717) is 5.56 Å². The zero-order valence-corrected chi connectivity index (χ0v) is 8.60. The van der Waals surface area contributed by atoms with Gasteiger partial charge in [-0.1, -0.05) is 30.3 Å². The first-order valence-corrected chi connectivity index (χ1v) is 5.24. The number of nitrogens with zero attached hydrogens (tertiary/aromatic N) is 2. The predicted octanol–water partition coefficient (Wildman–Crippen LogP) is 1.95. The number of hydrogen-bond acceptors (Lipinski definition) is 3. The molecule has 15 heavy (non-hydrogen) atoms. The first kappa shape index (κ1) is 9.90. The normalized spacial score (nSPS) is 16.1. The van der Waals surface area contributed by atoms with Crippen molar-refractivity contribution in [1.29, 1.82) is 0 Å². The lowest BCUT2D eigenvalue weighted by molar-refractivity contribution is 0.106. The van der Waals surface area contributed by atoms with Crippen molar-refractivity contribution in [2.75, 3.05) is 13.1 Å². The van der Waals surface area contributed by atoms with Crippen LogP contribution in [0.5, 0.6) is 0 Å². The van der Waals surface area contributed by atoms with Crippen LogP contribution in [0.4, 0.5) is 0 Å². The lowest BCUT2D eigenvalue weighted by Crippen LogP contribution is -2.13. The van der Waals surface area contributed by atoms with Crippen molar-refractivity contribution >= 4 is 12.0 Å². The average Bonchev–Trinajstić information content (AvgIpc) is 2.80. The first-order valence-electron chi connectivity index (χ1n) is 5.24. The Bertz CT molecular complexity index is 353. The molecular weight excluding hydrogens is 188 g/mol. The van der Waals surface area contributed by atoms with Gasteiger partial charge in [-0.15, -0.1) is 0 Å². The third kappa shape index (κ3) is 2.65. The van der Waals surface area contributed by atoms with Crippen LogP contribution < -0.4 is 0 Å². The SMILES string of the molecule is O=C(/C=N/N1CCCC1)c1ccccc1. The van der Waals surface area contributed by atoms with E-state index in [2.05, 4.69) is 5.10 Å². The summed E-state index contributed by atoms with van der Waals surface area (Å²) in [6, 6.07) is 9.22. The molecule has 2 rings (SSSR count). The minimum Gasteiger partial charge on any atom is -0.297 e. The molecule has 1 heterocycles. The predicted molar refractivity (Wildman–Crippen MR) is 60.1 cm³/mol. The van der Waals surface area contributed by atoms with Crippen LogP contribution in [0.15, 0.2) is 35.4 Å². The Morgan fingerprint density at radius 3 is 2.53 bits per heavy atom. The van der Waals surface area contributed by atoms with Gasteiger partial charge in [0.2, 0.25) is 5.78 Å². The highest BCUT2D eigenvalue weighted by atomic mass is 16.1. The average molecular weight is 202 g/mol. The standard InChI is InChI=1S/C12H14N2O/c15-12(11-6-2-1-3-7-11)10-13-14-8-4-5-9-14/h1-3,6-7,10H,4-5,8-9H2/b13-10+. The maximum Gasteiger partial charge on any atom is 0.205 e. The minimum atomic E-state index is -0.0255. The Labute approximate surface area is 89.4 Å². The van der Waals surface area contributed by atoms with E-state index in [1.165, 1.54) is 19.1 Å². The lowest BCUT2D eigenvalue weighted by Gasteiger charge is -2.08. The summed E-state index contributed by atoms with van der Waals surface area (Å²) in [4.78, 5) is 11.6. The van der Waals surface area contributed by atoms with Crippen LogP contribution in [0.1, 0.15) is 23.2 Å². The molecule has 0 saturated carbocycles. The van der Waals surface area contributed by atoms with Gasteiger partial charge >= 0.3 is 0 Å².